The molecule has 3 unspecified atom stereocenters. The number of benzene rings is 3. The molecule has 9 heteroatoms. The van der Waals surface area contributed by atoms with Gasteiger partial charge in [-0.3, -0.25) is 0 Å². The lowest BCUT2D eigenvalue weighted by molar-refractivity contribution is -0.354. The van der Waals surface area contributed by atoms with Gasteiger partial charge in [-0.25, -0.2) is 0 Å². The van der Waals surface area contributed by atoms with Crippen molar-refractivity contribution in [3.8, 4) is 0 Å². The van der Waals surface area contributed by atoms with Gasteiger partial charge in [0.05, 0.1) is 13.2 Å². The molecule has 0 radical (unpaired) electrons. The molecule has 3 aliphatic rings. The second kappa shape index (κ2) is 10.6. The molecule has 0 aliphatic carbocycles. The average Bonchev–Trinajstić information content (AvgIpc) is 3.07. The maximum Gasteiger partial charge on any atom is 0.185 e. The summed E-state index contributed by atoms with van der Waals surface area (Å²) < 4.78 is 38.2. The van der Waals surface area contributed by atoms with E-state index in [4.69, 9.17) is 63.2 Å². The molecule has 6 nitrogen and oxygen atoms in total. The van der Waals surface area contributed by atoms with Crippen molar-refractivity contribution in [1.82, 2.24) is 0 Å². The van der Waals surface area contributed by atoms with E-state index in [1.165, 1.54) is 0 Å². The fourth-order valence-corrected chi connectivity index (χ4v) is 5.32. The van der Waals surface area contributed by atoms with Crippen LogP contribution >= 0.6 is 34.8 Å². The van der Waals surface area contributed by atoms with Gasteiger partial charge < -0.3 is 28.4 Å². The lowest BCUT2D eigenvalue weighted by Gasteiger charge is -2.45. The summed E-state index contributed by atoms with van der Waals surface area (Å²) in [4.78, 5) is 0. The van der Waals surface area contributed by atoms with E-state index in [0.29, 0.717) is 15.1 Å². The van der Waals surface area contributed by atoms with Crippen molar-refractivity contribution in [3.63, 3.8) is 0 Å². The number of hydrogen-bond donors (Lipinski definition) is 0. The summed E-state index contributed by atoms with van der Waals surface area (Å²) in [7, 11) is 0. The molecule has 4 bridgehead atoms. The summed E-state index contributed by atoms with van der Waals surface area (Å²) in [6.45, 7) is 0.404. The SMILES string of the molecule is Clc1cccc(C2OC[C@H]3OC(c4cccc(Cl)c4)OC[C@@H]4OC(c5cccc(Cl)c5)O[C@H]3[C@@H]4O2)c1. The van der Waals surface area contributed by atoms with Crippen molar-refractivity contribution in [2.45, 2.75) is 43.3 Å². The predicted molar refractivity (Wildman–Crippen MR) is 134 cm³/mol. The summed E-state index contributed by atoms with van der Waals surface area (Å²) in [5.74, 6) is 0. The second-order valence-corrected chi connectivity index (χ2v) is 10.2. The molecule has 3 aromatic carbocycles. The molecular formula is C27H23Cl3O6. The number of rotatable bonds is 3. The second-order valence-electron chi connectivity index (χ2n) is 8.88. The van der Waals surface area contributed by atoms with E-state index in [-0.39, 0.29) is 13.2 Å². The molecule has 0 spiro atoms. The quantitative estimate of drug-likeness (QED) is 0.364. The molecule has 3 saturated heterocycles. The zero-order valence-electron chi connectivity index (χ0n) is 19.0. The third kappa shape index (κ3) is 5.16. The van der Waals surface area contributed by atoms with Gasteiger partial charge in [0.2, 0.25) is 0 Å². The maximum absolute atomic E-state index is 6.48. The van der Waals surface area contributed by atoms with E-state index >= 15 is 0 Å². The number of halogens is 3. The number of ether oxygens (including phenoxy) is 6. The lowest BCUT2D eigenvalue weighted by atomic mass is 10.00. The minimum atomic E-state index is -0.680. The Morgan fingerprint density at radius 2 is 0.889 bits per heavy atom. The van der Waals surface area contributed by atoms with E-state index in [0.717, 1.165) is 16.7 Å². The van der Waals surface area contributed by atoms with Gasteiger partial charge in [-0.15, -0.1) is 0 Å². The first-order valence-corrected chi connectivity index (χ1v) is 12.8. The van der Waals surface area contributed by atoms with E-state index in [1.807, 2.05) is 54.6 Å². The Morgan fingerprint density at radius 3 is 1.36 bits per heavy atom. The smallest absolute Gasteiger partial charge is 0.185 e. The normalized spacial score (nSPS) is 32.2. The van der Waals surface area contributed by atoms with Crippen LogP contribution in [0.25, 0.3) is 0 Å². The van der Waals surface area contributed by atoms with Gasteiger partial charge in [-0.1, -0.05) is 71.2 Å². The minimum absolute atomic E-state index is 0.202. The van der Waals surface area contributed by atoms with Crippen LogP contribution in [0.3, 0.4) is 0 Å². The molecule has 3 aliphatic heterocycles. The molecule has 6 rings (SSSR count). The molecule has 3 heterocycles. The Kier molecular flexibility index (Phi) is 7.23. The predicted octanol–water partition coefficient (Wildman–Crippen LogP) is 6.66. The van der Waals surface area contributed by atoms with Crippen molar-refractivity contribution in [2.75, 3.05) is 13.2 Å². The van der Waals surface area contributed by atoms with Gasteiger partial charge in [0.15, 0.2) is 18.9 Å². The molecule has 3 fully saturated rings. The van der Waals surface area contributed by atoms with E-state index in [9.17, 15) is 0 Å². The van der Waals surface area contributed by atoms with Gasteiger partial charge in [0.25, 0.3) is 0 Å². The Bertz CT molecular complexity index is 1120. The fourth-order valence-electron chi connectivity index (χ4n) is 4.72. The van der Waals surface area contributed by atoms with Crippen LogP contribution < -0.4 is 0 Å². The van der Waals surface area contributed by atoms with Crippen LogP contribution in [0.1, 0.15) is 35.6 Å². The zero-order chi connectivity index (χ0) is 24.6. The van der Waals surface area contributed by atoms with Crippen LogP contribution in [0.2, 0.25) is 15.1 Å². The van der Waals surface area contributed by atoms with Gasteiger partial charge >= 0.3 is 0 Å². The molecular weight excluding hydrogens is 527 g/mol. The van der Waals surface area contributed by atoms with E-state index in [2.05, 4.69) is 0 Å². The van der Waals surface area contributed by atoms with Gasteiger partial charge in [0, 0.05) is 31.8 Å². The summed E-state index contributed by atoms with van der Waals surface area (Å²) in [6.07, 6.45) is -4.02. The van der Waals surface area contributed by atoms with Crippen LogP contribution in [0, 0.1) is 0 Å². The van der Waals surface area contributed by atoms with Gasteiger partial charge in [0.1, 0.15) is 24.4 Å². The third-order valence-corrected chi connectivity index (χ3v) is 7.11. The van der Waals surface area contributed by atoms with Crippen molar-refractivity contribution < 1.29 is 28.4 Å². The first-order valence-electron chi connectivity index (χ1n) is 11.6. The topological polar surface area (TPSA) is 55.4 Å². The van der Waals surface area contributed by atoms with Crippen LogP contribution in [-0.4, -0.2) is 37.6 Å². The van der Waals surface area contributed by atoms with Gasteiger partial charge in [-0.05, 0) is 36.4 Å². The minimum Gasteiger partial charge on any atom is -0.346 e. The highest BCUT2D eigenvalue weighted by atomic mass is 35.5. The van der Waals surface area contributed by atoms with Crippen molar-refractivity contribution in [3.05, 3.63) is 105 Å². The summed E-state index contributed by atoms with van der Waals surface area (Å²) >= 11 is 18.7. The highest BCUT2D eigenvalue weighted by molar-refractivity contribution is 6.31. The first-order chi connectivity index (χ1) is 17.5. The zero-order valence-corrected chi connectivity index (χ0v) is 21.2. The van der Waals surface area contributed by atoms with Crippen molar-refractivity contribution >= 4 is 34.8 Å². The van der Waals surface area contributed by atoms with Gasteiger partial charge in [-0.2, -0.15) is 0 Å². The van der Waals surface area contributed by atoms with E-state index < -0.39 is 43.3 Å². The Balaban J connectivity index is 1.34. The molecule has 3 aromatic rings. The largest absolute Gasteiger partial charge is 0.346 e. The summed E-state index contributed by atoms with van der Waals surface area (Å²) in [6, 6.07) is 22.2. The van der Waals surface area contributed by atoms with Crippen molar-refractivity contribution in [1.29, 1.82) is 0 Å². The Labute approximate surface area is 223 Å². The first kappa shape index (κ1) is 24.6. The highest BCUT2D eigenvalue weighted by Crippen LogP contribution is 2.42. The fraction of sp³-hybridized carbons (Fsp3) is 0.333. The number of hydrogen-bond acceptors (Lipinski definition) is 6. The van der Waals surface area contributed by atoms with Crippen LogP contribution in [0.15, 0.2) is 72.8 Å². The highest BCUT2D eigenvalue weighted by Gasteiger charge is 2.50. The van der Waals surface area contributed by atoms with Crippen LogP contribution in [0.5, 0.6) is 0 Å². The molecule has 0 N–H and O–H groups in total. The molecule has 0 amide bonds. The van der Waals surface area contributed by atoms with Crippen molar-refractivity contribution in [2.24, 2.45) is 0 Å². The standard InChI is InChI=1S/C27H23Cl3O6/c28-18-7-1-4-15(10-18)25-31-14-22-23-24(36-27(34-22)17-6-3-9-20(30)12-17)21(33-25)13-32-26(35-23)16-5-2-8-19(29)11-16/h1-12,21-27H,13-14H2/t21-,22+,23-,24-,25?,26?,27?/m1/s1. The molecule has 0 aromatic heterocycles. The summed E-state index contributed by atoms with van der Waals surface area (Å²) in [5.41, 5.74) is 2.39. The Hall–Kier alpha value is -1.71. The summed E-state index contributed by atoms with van der Waals surface area (Å²) in [5, 5.41) is 1.78. The third-order valence-electron chi connectivity index (χ3n) is 6.40. The average molecular weight is 550 g/mol. The van der Waals surface area contributed by atoms with Crippen LogP contribution in [-0.2, 0) is 28.4 Å². The molecule has 7 atom stereocenters. The molecule has 36 heavy (non-hydrogen) atoms. The maximum atomic E-state index is 6.48. The lowest BCUT2D eigenvalue weighted by Crippen LogP contribution is -2.57. The van der Waals surface area contributed by atoms with E-state index in [1.54, 1.807) is 18.2 Å². The molecule has 188 valence electrons. The molecule has 0 saturated carbocycles. The van der Waals surface area contributed by atoms with Crippen LogP contribution in [0.4, 0.5) is 0 Å². The monoisotopic (exact) mass is 548 g/mol. The Morgan fingerprint density at radius 1 is 0.500 bits per heavy atom.